The second-order valence-corrected chi connectivity index (χ2v) is 8.09. The maximum absolute atomic E-state index is 11.5. The molecule has 1 aromatic heterocycles. The third kappa shape index (κ3) is 6.04. The molecule has 174 valence electrons. The topological polar surface area (TPSA) is 102 Å². The van der Waals surface area contributed by atoms with E-state index in [1.807, 2.05) is 42.7 Å². The zero-order chi connectivity index (χ0) is 23.8. The van der Waals surface area contributed by atoms with Crippen molar-refractivity contribution in [1.29, 1.82) is 0 Å². The number of methoxy groups -OCH3 is 1. The van der Waals surface area contributed by atoms with Gasteiger partial charge in [-0.3, -0.25) is 14.7 Å². The van der Waals surface area contributed by atoms with E-state index in [2.05, 4.69) is 16.8 Å². The van der Waals surface area contributed by atoms with Gasteiger partial charge in [-0.2, -0.15) is 0 Å². The second-order valence-electron chi connectivity index (χ2n) is 6.92. The molecular weight excluding hydrogens is 444 g/mol. The van der Waals surface area contributed by atoms with Crippen LogP contribution in [-0.4, -0.2) is 46.6 Å². The molecule has 0 unspecified atom stereocenters. The molecule has 0 spiro atoms. The summed E-state index contributed by atoms with van der Waals surface area (Å²) in [6.45, 7) is 8.01. The van der Waals surface area contributed by atoms with Gasteiger partial charge >= 0.3 is 0 Å². The zero-order valence-electron chi connectivity index (χ0n) is 18.8. The lowest BCUT2D eigenvalue weighted by Crippen LogP contribution is -2.11. The van der Waals surface area contributed by atoms with Crippen molar-refractivity contribution in [2.45, 2.75) is 24.3 Å². The van der Waals surface area contributed by atoms with Crippen LogP contribution in [0.4, 0.5) is 0 Å². The van der Waals surface area contributed by atoms with E-state index in [1.165, 1.54) is 18.9 Å². The third-order valence-electron chi connectivity index (χ3n) is 4.68. The summed E-state index contributed by atoms with van der Waals surface area (Å²) < 4.78 is 18.4. The molecule has 0 radical (unpaired) electrons. The number of hydrogen-bond donors (Lipinski definition) is 0. The Kier molecular flexibility index (Phi) is 8.31. The Balaban J connectivity index is 1.93. The maximum Gasteiger partial charge on any atom is 0.220 e. The Hall–Kier alpha value is -3.53. The molecule has 1 heterocycles. The SMILES string of the molecule is C=CCOc1ccc([C@H](C[N+](=O)[O-])Sc2nnc(C)n2-c2ccc(OCC)cc2)cc1OC. The summed E-state index contributed by atoms with van der Waals surface area (Å²) in [6.07, 6.45) is 1.63. The number of ether oxygens (including phenoxy) is 3. The fourth-order valence-electron chi connectivity index (χ4n) is 3.20. The van der Waals surface area contributed by atoms with Crippen LogP contribution < -0.4 is 14.2 Å². The van der Waals surface area contributed by atoms with E-state index in [-0.39, 0.29) is 11.5 Å². The van der Waals surface area contributed by atoms with Gasteiger partial charge in [0.1, 0.15) is 23.4 Å². The van der Waals surface area contributed by atoms with Crippen LogP contribution in [0.2, 0.25) is 0 Å². The number of hydrogen-bond acceptors (Lipinski definition) is 8. The van der Waals surface area contributed by atoms with Gasteiger partial charge in [-0.15, -0.1) is 10.2 Å². The molecule has 0 amide bonds. The van der Waals surface area contributed by atoms with Gasteiger partial charge in [-0.1, -0.05) is 30.5 Å². The summed E-state index contributed by atoms with van der Waals surface area (Å²) in [5.74, 6) is 2.47. The molecule has 10 heteroatoms. The molecule has 0 saturated heterocycles. The van der Waals surface area contributed by atoms with Crippen LogP contribution in [0.15, 0.2) is 60.3 Å². The molecule has 0 bridgehead atoms. The molecule has 1 atom stereocenters. The van der Waals surface area contributed by atoms with Crippen LogP contribution in [0.1, 0.15) is 23.6 Å². The van der Waals surface area contributed by atoms with E-state index in [4.69, 9.17) is 14.2 Å². The molecule has 0 saturated carbocycles. The number of nitro groups is 1. The maximum atomic E-state index is 11.5. The number of thioether (sulfide) groups is 1. The number of nitrogens with zero attached hydrogens (tertiary/aromatic N) is 4. The Bertz CT molecular complexity index is 1100. The number of rotatable bonds is 12. The summed E-state index contributed by atoms with van der Waals surface area (Å²) in [5, 5.41) is 20.0. The van der Waals surface area contributed by atoms with Gasteiger partial charge in [0.2, 0.25) is 6.54 Å². The summed E-state index contributed by atoms with van der Waals surface area (Å²) in [7, 11) is 1.53. The van der Waals surface area contributed by atoms with Gasteiger partial charge in [-0.05, 0) is 55.8 Å². The molecule has 0 aliphatic carbocycles. The molecule has 0 fully saturated rings. The normalized spacial score (nSPS) is 11.6. The highest BCUT2D eigenvalue weighted by atomic mass is 32.2. The molecular formula is C23H26N4O5S. The van der Waals surface area contributed by atoms with Crippen LogP contribution in [0.3, 0.4) is 0 Å². The van der Waals surface area contributed by atoms with E-state index < -0.39 is 5.25 Å². The average molecular weight is 471 g/mol. The minimum atomic E-state index is -0.521. The van der Waals surface area contributed by atoms with Crippen LogP contribution in [0.25, 0.3) is 5.69 Å². The minimum absolute atomic E-state index is 0.296. The lowest BCUT2D eigenvalue weighted by molar-refractivity contribution is -0.479. The Morgan fingerprint density at radius 3 is 2.58 bits per heavy atom. The quantitative estimate of drug-likeness (QED) is 0.163. The third-order valence-corrected chi connectivity index (χ3v) is 5.86. The largest absolute Gasteiger partial charge is 0.494 e. The summed E-state index contributed by atoms with van der Waals surface area (Å²) in [6, 6.07) is 12.8. The molecule has 0 N–H and O–H groups in total. The van der Waals surface area contributed by atoms with Crippen molar-refractivity contribution in [2.24, 2.45) is 0 Å². The average Bonchev–Trinajstić information content (AvgIpc) is 3.17. The predicted molar refractivity (Wildman–Crippen MR) is 126 cm³/mol. The summed E-state index contributed by atoms with van der Waals surface area (Å²) in [4.78, 5) is 11.1. The fraction of sp³-hybridized carbons (Fsp3) is 0.304. The van der Waals surface area contributed by atoms with Crippen LogP contribution >= 0.6 is 11.8 Å². The molecule has 3 aromatic rings. The first kappa shape index (κ1) is 24.1. The Morgan fingerprint density at radius 2 is 1.94 bits per heavy atom. The van der Waals surface area contributed by atoms with E-state index in [0.29, 0.717) is 35.7 Å². The van der Waals surface area contributed by atoms with Gasteiger partial charge in [0.25, 0.3) is 0 Å². The summed E-state index contributed by atoms with van der Waals surface area (Å²) >= 11 is 1.27. The van der Waals surface area contributed by atoms with Gasteiger partial charge in [0.15, 0.2) is 16.7 Å². The van der Waals surface area contributed by atoms with Crippen molar-refractivity contribution in [1.82, 2.24) is 14.8 Å². The molecule has 9 nitrogen and oxygen atoms in total. The van der Waals surface area contributed by atoms with Gasteiger partial charge in [-0.25, -0.2) is 0 Å². The standard InChI is InChI=1S/C23H26N4O5S/c1-5-13-32-20-12-7-17(14-21(20)30-4)22(15-26(28)29)33-23-25-24-16(3)27(23)18-8-10-19(11-9-18)31-6-2/h5,7-12,14,22H,1,6,13,15H2,2-4H3/t22-/m0/s1. The highest BCUT2D eigenvalue weighted by molar-refractivity contribution is 7.99. The number of aromatic nitrogens is 3. The van der Waals surface area contributed by atoms with Crippen molar-refractivity contribution >= 4 is 11.8 Å². The zero-order valence-corrected chi connectivity index (χ0v) is 19.6. The van der Waals surface area contributed by atoms with Crippen LogP contribution in [0, 0.1) is 17.0 Å². The fourth-order valence-corrected chi connectivity index (χ4v) is 4.36. The Morgan fingerprint density at radius 1 is 1.18 bits per heavy atom. The van der Waals surface area contributed by atoms with Crippen molar-refractivity contribution in [3.05, 3.63) is 76.6 Å². The van der Waals surface area contributed by atoms with Gasteiger partial charge in [0, 0.05) is 10.6 Å². The van der Waals surface area contributed by atoms with E-state index in [1.54, 1.807) is 24.3 Å². The van der Waals surface area contributed by atoms with Crippen molar-refractivity contribution in [3.8, 4) is 22.9 Å². The monoisotopic (exact) mass is 470 g/mol. The van der Waals surface area contributed by atoms with Gasteiger partial charge < -0.3 is 14.2 Å². The molecule has 0 aliphatic rings. The second kappa shape index (κ2) is 11.4. The van der Waals surface area contributed by atoms with E-state index >= 15 is 0 Å². The smallest absolute Gasteiger partial charge is 0.220 e. The van der Waals surface area contributed by atoms with Crippen molar-refractivity contribution in [2.75, 3.05) is 26.9 Å². The lowest BCUT2D eigenvalue weighted by Gasteiger charge is -2.16. The Labute approximate surface area is 196 Å². The molecule has 2 aromatic carbocycles. The highest BCUT2D eigenvalue weighted by Gasteiger charge is 2.25. The molecule has 33 heavy (non-hydrogen) atoms. The van der Waals surface area contributed by atoms with Crippen molar-refractivity contribution < 1.29 is 19.1 Å². The highest BCUT2D eigenvalue weighted by Crippen LogP contribution is 2.39. The van der Waals surface area contributed by atoms with Crippen molar-refractivity contribution in [3.63, 3.8) is 0 Å². The van der Waals surface area contributed by atoms with Gasteiger partial charge in [0.05, 0.1) is 13.7 Å². The first-order chi connectivity index (χ1) is 16.0. The first-order valence-electron chi connectivity index (χ1n) is 10.3. The van der Waals surface area contributed by atoms with E-state index in [0.717, 1.165) is 17.0 Å². The summed E-state index contributed by atoms with van der Waals surface area (Å²) in [5.41, 5.74) is 1.56. The minimum Gasteiger partial charge on any atom is -0.494 e. The molecule has 0 aliphatic heterocycles. The van der Waals surface area contributed by atoms with Crippen LogP contribution in [0.5, 0.6) is 17.2 Å². The van der Waals surface area contributed by atoms with E-state index in [9.17, 15) is 10.1 Å². The lowest BCUT2D eigenvalue weighted by atomic mass is 10.1. The number of aryl methyl sites for hydroxylation is 1. The molecule has 3 rings (SSSR count). The van der Waals surface area contributed by atoms with Crippen LogP contribution in [-0.2, 0) is 0 Å². The number of benzene rings is 2. The first-order valence-corrected chi connectivity index (χ1v) is 11.2. The predicted octanol–water partition coefficient (Wildman–Crippen LogP) is 4.66.